The first-order valence-corrected chi connectivity index (χ1v) is 8.78. The molecule has 0 saturated carbocycles. The van der Waals surface area contributed by atoms with Crippen molar-refractivity contribution in [2.24, 2.45) is 16.7 Å². The SMILES string of the molecule is C[C@@H]1COC(CC2(C)C3COC[C@H](O)CC24C(OC[C@@H]4O)O3)C1. The third-order valence-electron chi connectivity index (χ3n) is 6.57. The van der Waals surface area contributed by atoms with E-state index in [0.717, 1.165) is 19.4 Å². The van der Waals surface area contributed by atoms with E-state index in [1.807, 2.05) is 0 Å². The summed E-state index contributed by atoms with van der Waals surface area (Å²) in [6, 6.07) is 0. The lowest BCUT2D eigenvalue weighted by atomic mass is 9.56. The molecule has 4 fully saturated rings. The molecular weight excluding hydrogens is 300 g/mol. The highest BCUT2D eigenvalue weighted by Crippen LogP contribution is 2.63. The number of aliphatic hydroxyl groups is 2. The predicted octanol–water partition coefficient (Wildman–Crippen LogP) is 0.691. The third-order valence-corrected chi connectivity index (χ3v) is 6.57. The van der Waals surface area contributed by atoms with Gasteiger partial charge in [0.15, 0.2) is 6.29 Å². The maximum atomic E-state index is 10.8. The minimum absolute atomic E-state index is 0.144. The second kappa shape index (κ2) is 5.64. The Morgan fingerprint density at radius 3 is 2.65 bits per heavy atom. The van der Waals surface area contributed by atoms with E-state index >= 15 is 0 Å². The van der Waals surface area contributed by atoms with E-state index in [2.05, 4.69) is 13.8 Å². The molecule has 0 aromatic heterocycles. The van der Waals surface area contributed by atoms with Crippen molar-refractivity contribution in [2.45, 2.75) is 63.8 Å². The molecule has 6 nitrogen and oxygen atoms in total. The van der Waals surface area contributed by atoms with E-state index in [1.54, 1.807) is 0 Å². The standard InChI is InChI=1S/C17H28O6/c1-10-3-12(21-6-10)5-16(2)14-9-20-7-11(18)4-17(16)13(19)8-22-15(17)23-14/h10-15,18-19H,3-9H2,1-2H3/t10-,11+,12?,13-,14?,15?,16?,17?/m0/s1. The Hall–Kier alpha value is -0.240. The zero-order valence-corrected chi connectivity index (χ0v) is 13.9. The van der Waals surface area contributed by atoms with Gasteiger partial charge >= 0.3 is 0 Å². The van der Waals surface area contributed by atoms with E-state index < -0.39 is 23.9 Å². The summed E-state index contributed by atoms with van der Waals surface area (Å²) in [7, 11) is 0. The van der Waals surface area contributed by atoms with Gasteiger partial charge in [0.1, 0.15) is 0 Å². The van der Waals surface area contributed by atoms with Crippen molar-refractivity contribution >= 4 is 0 Å². The minimum Gasteiger partial charge on any atom is -0.391 e. The van der Waals surface area contributed by atoms with Gasteiger partial charge in [0.05, 0.1) is 49.7 Å². The number of fused-ring (bicyclic) bond motifs is 1. The fourth-order valence-electron chi connectivity index (χ4n) is 5.31. The van der Waals surface area contributed by atoms with Gasteiger partial charge in [-0.25, -0.2) is 0 Å². The lowest BCUT2D eigenvalue weighted by Gasteiger charge is -2.48. The molecule has 4 rings (SSSR count). The molecule has 8 atom stereocenters. The molecule has 4 heterocycles. The number of aliphatic hydroxyl groups excluding tert-OH is 2. The van der Waals surface area contributed by atoms with Crippen molar-refractivity contribution in [3.05, 3.63) is 0 Å². The molecule has 4 aliphatic rings. The topological polar surface area (TPSA) is 77.4 Å². The first-order chi connectivity index (χ1) is 11.0. The summed E-state index contributed by atoms with van der Waals surface area (Å²) in [6.07, 6.45) is 0.582. The minimum atomic E-state index is -0.630. The normalized spacial score (nSPS) is 56.3. The molecule has 4 aliphatic heterocycles. The molecule has 0 aliphatic carbocycles. The van der Waals surface area contributed by atoms with Crippen LogP contribution in [0.2, 0.25) is 0 Å². The maximum absolute atomic E-state index is 10.8. The highest BCUT2D eigenvalue weighted by atomic mass is 16.7. The Labute approximate surface area is 137 Å². The van der Waals surface area contributed by atoms with E-state index in [-0.39, 0.29) is 30.8 Å². The molecule has 4 saturated heterocycles. The van der Waals surface area contributed by atoms with Gasteiger partial charge < -0.3 is 29.2 Å². The Morgan fingerprint density at radius 1 is 1.09 bits per heavy atom. The Balaban J connectivity index is 1.69. The predicted molar refractivity (Wildman–Crippen MR) is 80.7 cm³/mol. The highest BCUT2D eigenvalue weighted by Gasteiger charge is 2.71. The highest BCUT2D eigenvalue weighted by molar-refractivity contribution is 5.14. The van der Waals surface area contributed by atoms with Crippen LogP contribution < -0.4 is 0 Å². The lowest BCUT2D eigenvalue weighted by Crippen LogP contribution is -2.55. The first-order valence-electron chi connectivity index (χ1n) is 8.78. The largest absolute Gasteiger partial charge is 0.391 e. The lowest BCUT2D eigenvalue weighted by molar-refractivity contribution is -0.140. The summed E-state index contributed by atoms with van der Waals surface area (Å²) in [5, 5.41) is 21.2. The average Bonchev–Trinajstić information content (AvgIpc) is 3.10. The summed E-state index contributed by atoms with van der Waals surface area (Å²) >= 11 is 0. The van der Waals surface area contributed by atoms with Crippen LogP contribution in [0.3, 0.4) is 0 Å². The molecule has 23 heavy (non-hydrogen) atoms. The van der Waals surface area contributed by atoms with E-state index in [9.17, 15) is 10.2 Å². The molecule has 0 aromatic carbocycles. The van der Waals surface area contributed by atoms with Crippen LogP contribution in [0.15, 0.2) is 0 Å². The van der Waals surface area contributed by atoms with Crippen LogP contribution in [-0.2, 0) is 18.9 Å². The van der Waals surface area contributed by atoms with Crippen LogP contribution in [-0.4, -0.2) is 67.3 Å². The van der Waals surface area contributed by atoms with Crippen LogP contribution >= 0.6 is 0 Å². The smallest absolute Gasteiger partial charge is 0.167 e. The summed E-state index contributed by atoms with van der Waals surface area (Å²) in [5.74, 6) is 0.565. The molecule has 2 N–H and O–H groups in total. The molecule has 0 radical (unpaired) electrons. The summed E-state index contributed by atoms with van der Waals surface area (Å²) in [4.78, 5) is 0. The molecule has 132 valence electrons. The second-order valence-corrected chi connectivity index (χ2v) is 8.16. The van der Waals surface area contributed by atoms with Crippen LogP contribution in [0.5, 0.6) is 0 Å². The Kier molecular flexibility index (Phi) is 3.99. The molecule has 5 unspecified atom stereocenters. The first kappa shape index (κ1) is 16.2. The Morgan fingerprint density at radius 2 is 1.91 bits per heavy atom. The van der Waals surface area contributed by atoms with Gasteiger partial charge in [0, 0.05) is 12.0 Å². The van der Waals surface area contributed by atoms with E-state index in [4.69, 9.17) is 18.9 Å². The molecule has 0 aromatic rings. The molecular formula is C17H28O6. The van der Waals surface area contributed by atoms with Gasteiger partial charge in [-0.2, -0.15) is 0 Å². The van der Waals surface area contributed by atoms with Gasteiger partial charge in [0.25, 0.3) is 0 Å². The Bertz CT molecular complexity index is 458. The fourth-order valence-corrected chi connectivity index (χ4v) is 5.31. The van der Waals surface area contributed by atoms with Crippen molar-refractivity contribution in [1.29, 1.82) is 0 Å². The molecule has 0 amide bonds. The third kappa shape index (κ3) is 2.30. The number of hydrogen-bond donors (Lipinski definition) is 2. The van der Waals surface area contributed by atoms with Gasteiger partial charge in [-0.3, -0.25) is 0 Å². The van der Waals surface area contributed by atoms with Crippen LogP contribution in [0, 0.1) is 16.7 Å². The average molecular weight is 328 g/mol. The number of ether oxygens (including phenoxy) is 4. The van der Waals surface area contributed by atoms with E-state index in [0.29, 0.717) is 18.9 Å². The fraction of sp³-hybridized carbons (Fsp3) is 1.00. The molecule has 1 spiro atoms. The molecule has 2 bridgehead atoms. The van der Waals surface area contributed by atoms with Crippen molar-refractivity contribution in [1.82, 2.24) is 0 Å². The zero-order chi connectivity index (χ0) is 16.2. The van der Waals surface area contributed by atoms with Crippen molar-refractivity contribution < 1.29 is 29.2 Å². The number of hydrogen-bond acceptors (Lipinski definition) is 6. The van der Waals surface area contributed by atoms with Crippen molar-refractivity contribution in [2.75, 3.05) is 26.4 Å². The summed E-state index contributed by atoms with van der Waals surface area (Å²) in [6.45, 7) is 6.12. The van der Waals surface area contributed by atoms with Crippen LogP contribution in [0.25, 0.3) is 0 Å². The van der Waals surface area contributed by atoms with Crippen molar-refractivity contribution in [3.8, 4) is 0 Å². The quantitative estimate of drug-likeness (QED) is 0.777. The van der Waals surface area contributed by atoms with Crippen molar-refractivity contribution in [3.63, 3.8) is 0 Å². The van der Waals surface area contributed by atoms with Gasteiger partial charge in [-0.1, -0.05) is 13.8 Å². The van der Waals surface area contributed by atoms with Gasteiger partial charge in [0.2, 0.25) is 0 Å². The summed E-state index contributed by atoms with van der Waals surface area (Å²) in [5.41, 5.74) is -0.931. The van der Waals surface area contributed by atoms with Crippen LogP contribution in [0.1, 0.15) is 33.1 Å². The second-order valence-electron chi connectivity index (χ2n) is 8.16. The monoisotopic (exact) mass is 328 g/mol. The van der Waals surface area contributed by atoms with Gasteiger partial charge in [-0.15, -0.1) is 0 Å². The van der Waals surface area contributed by atoms with E-state index in [1.165, 1.54) is 0 Å². The number of rotatable bonds is 2. The molecule has 6 heteroatoms. The zero-order valence-electron chi connectivity index (χ0n) is 13.9. The maximum Gasteiger partial charge on any atom is 0.167 e. The van der Waals surface area contributed by atoms with Crippen LogP contribution in [0.4, 0.5) is 0 Å². The van der Waals surface area contributed by atoms with Gasteiger partial charge in [-0.05, 0) is 25.2 Å². The summed E-state index contributed by atoms with van der Waals surface area (Å²) < 4.78 is 23.5.